The lowest BCUT2D eigenvalue weighted by atomic mass is 10.1. The van der Waals surface area contributed by atoms with Gasteiger partial charge in [-0.15, -0.1) is 0 Å². The molecule has 0 saturated heterocycles. The molecule has 0 aromatic carbocycles. The lowest BCUT2D eigenvalue weighted by molar-refractivity contribution is 0.0938. The molecular formula is C14H22BrN3O. The number of nitrogens with one attached hydrogen (secondary N) is 2. The Morgan fingerprint density at radius 3 is 2.84 bits per heavy atom. The van der Waals surface area contributed by atoms with Crippen LogP contribution in [0.4, 0.5) is 5.82 Å². The topological polar surface area (TPSA) is 54.0 Å². The van der Waals surface area contributed by atoms with E-state index in [0.29, 0.717) is 11.4 Å². The van der Waals surface area contributed by atoms with E-state index in [2.05, 4.69) is 38.5 Å². The van der Waals surface area contributed by atoms with Crippen LogP contribution >= 0.6 is 15.9 Å². The van der Waals surface area contributed by atoms with Crippen molar-refractivity contribution in [3.05, 3.63) is 22.3 Å². The Morgan fingerprint density at radius 1 is 1.47 bits per heavy atom. The first kappa shape index (κ1) is 16.0. The highest BCUT2D eigenvalue weighted by Gasteiger charge is 2.14. The van der Waals surface area contributed by atoms with Gasteiger partial charge in [0.15, 0.2) is 0 Å². The fraction of sp³-hybridized carbons (Fsp3) is 0.571. The minimum Gasteiger partial charge on any atom is -0.372 e. The first-order chi connectivity index (χ1) is 9.08. The van der Waals surface area contributed by atoms with Crippen molar-refractivity contribution < 1.29 is 4.79 Å². The van der Waals surface area contributed by atoms with Gasteiger partial charge in [0.2, 0.25) is 0 Å². The van der Waals surface area contributed by atoms with Crippen molar-refractivity contribution >= 4 is 27.7 Å². The van der Waals surface area contributed by atoms with Crippen LogP contribution in [0.5, 0.6) is 0 Å². The molecule has 0 bridgehead atoms. The second-order valence-corrected chi connectivity index (χ2v) is 5.59. The van der Waals surface area contributed by atoms with Crippen LogP contribution in [-0.2, 0) is 0 Å². The summed E-state index contributed by atoms with van der Waals surface area (Å²) in [6.07, 6.45) is 6.23. The lowest BCUT2D eigenvalue weighted by Gasteiger charge is -2.15. The molecule has 0 radical (unpaired) electrons. The van der Waals surface area contributed by atoms with Gasteiger partial charge in [0, 0.05) is 23.8 Å². The number of carbonyl (C=O) groups excluding carboxylic acids is 1. The molecule has 1 rings (SSSR count). The highest BCUT2D eigenvalue weighted by atomic mass is 79.9. The van der Waals surface area contributed by atoms with Crippen LogP contribution in [0.2, 0.25) is 0 Å². The Bertz CT molecular complexity index is 423. The van der Waals surface area contributed by atoms with Crippen LogP contribution in [0, 0.1) is 0 Å². The van der Waals surface area contributed by atoms with Crippen molar-refractivity contribution in [2.45, 2.75) is 45.6 Å². The highest BCUT2D eigenvalue weighted by molar-refractivity contribution is 9.10. The zero-order chi connectivity index (χ0) is 14.3. The molecule has 19 heavy (non-hydrogen) atoms. The Hall–Kier alpha value is -1.10. The van der Waals surface area contributed by atoms with Gasteiger partial charge in [0.1, 0.15) is 5.82 Å². The molecule has 0 fully saturated rings. The molecule has 0 aliphatic rings. The average molecular weight is 328 g/mol. The zero-order valence-electron chi connectivity index (χ0n) is 11.8. The molecule has 1 heterocycles. The van der Waals surface area contributed by atoms with Gasteiger partial charge in [0.05, 0.1) is 5.56 Å². The number of anilines is 1. The number of amides is 1. The third kappa shape index (κ3) is 5.19. The van der Waals surface area contributed by atoms with E-state index < -0.39 is 0 Å². The van der Waals surface area contributed by atoms with Crippen LogP contribution in [0.25, 0.3) is 0 Å². The molecule has 5 heteroatoms. The molecule has 1 aromatic heterocycles. The molecule has 106 valence electrons. The molecule has 1 atom stereocenters. The fourth-order valence-electron chi connectivity index (χ4n) is 1.89. The Labute approximate surface area is 123 Å². The summed E-state index contributed by atoms with van der Waals surface area (Å²) in [6.45, 7) is 4.22. The molecule has 0 aliphatic heterocycles. The molecule has 1 aromatic rings. The third-order valence-electron chi connectivity index (χ3n) is 2.95. The number of halogens is 1. The van der Waals surface area contributed by atoms with Crippen molar-refractivity contribution in [1.82, 2.24) is 10.3 Å². The predicted octanol–water partition coefficient (Wildman–Crippen LogP) is 3.58. The monoisotopic (exact) mass is 327 g/mol. The summed E-state index contributed by atoms with van der Waals surface area (Å²) in [6, 6.07) is 1.97. The summed E-state index contributed by atoms with van der Waals surface area (Å²) in [4.78, 5) is 16.4. The smallest absolute Gasteiger partial charge is 0.255 e. The largest absolute Gasteiger partial charge is 0.372 e. The number of hydrogen-bond acceptors (Lipinski definition) is 3. The van der Waals surface area contributed by atoms with Gasteiger partial charge in [-0.25, -0.2) is 4.98 Å². The highest BCUT2D eigenvalue weighted by Crippen LogP contribution is 2.18. The van der Waals surface area contributed by atoms with Crippen molar-refractivity contribution in [1.29, 1.82) is 0 Å². The Balaban J connectivity index is 2.64. The normalized spacial score (nSPS) is 12.0. The molecule has 0 aliphatic carbocycles. The molecule has 2 N–H and O–H groups in total. The van der Waals surface area contributed by atoms with E-state index in [9.17, 15) is 4.79 Å². The van der Waals surface area contributed by atoms with Crippen molar-refractivity contribution in [3.63, 3.8) is 0 Å². The standard InChI is InChI=1S/C14H22BrN3O/c1-4-5-6-7-10(2)18-14(19)12-8-11(15)9-17-13(12)16-3/h8-10H,4-7H2,1-3H3,(H,16,17)(H,18,19). The van der Waals surface area contributed by atoms with Crippen LogP contribution in [0.1, 0.15) is 49.9 Å². The minimum atomic E-state index is -0.0813. The maximum Gasteiger partial charge on any atom is 0.255 e. The fourth-order valence-corrected chi connectivity index (χ4v) is 2.22. The summed E-state index contributed by atoms with van der Waals surface area (Å²) >= 11 is 3.34. The summed E-state index contributed by atoms with van der Waals surface area (Å²) in [5.74, 6) is 0.517. The second-order valence-electron chi connectivity index (χ2n) is 4.67. The van der Waals surface area contributed by atoms with Crippen LogP contribution in [-0.4, -0.2) is 24.0 Å². The quantitative estimate of drug-likeness (QED) is 0.752. The van der Waals surface area contributed by atoms with E-state index in [0.717, 1.165) is 17.3 Å². The maximum absolute atomic E-state index is 12.2. The molecule has 0 spiro atoms. The second kappa shape index (κ2) is 8.15. The molecule has 4 nitrogen and oxygen atoms in total. The molecule has 1 unspecified atom stereocenters. The van der Waals surface area contributed by atoms with Crippen molar-refractivity contribution in [3.8, 4) is 0 Å². The summed E-state index contributed by atoms with van der Waals surface area (Å²) in [7, 11) is 1.76. The van der Waals surface area contributed by atoms with Gasteiger partial charge in [-0.2, -0.15) is 0 Å². The van der Waals surface area contributed by atoms with E-state index >= 15 is 0 Å². The van der Waals surface area contributed by atoms with Gasteiger partial charge >= 0.3 is 0 Å². The summed E-state index contributed by atoms with van der Waals surface area (Å²) in [5, 5.41) is 5.95. The number of pyridine rings is 1. The number of rotatable bonds is 7. The summed E-state index contributed by atoms with van der Waals surface area (Å²) in [5.41, 5.74) is 0.569. The summed E-state index contributed by atoms with van der Waals surface area (Å²) < 4.78 is 0.801. The van der Waals surface area contributed by atoms with Crippen LogP contribution in [0.3, 0.4) is 0 Å². The number of unbranched alkanes of at least 4 members (excludes halogenated alkanes) is 2. The van der Waals surface area contributed by atoms with Crippen molar-refractivity contribution in [2.24, 2.45) is 0 Å². The van der Waals surface area contributed by atoms with E-state index in [1.54, 1.807) is 19.3 Å². The van der Waals surface area contributed by atoms with Gasteiger partial charge in [-0.3, -0.25) is 4.79 Å². The zero-order valence-corrected chi connectivity index (χ0v) is 13.4. The van der Waals surface area contributed by atoms with Gasteiger partial charge in [-0.05, 0) is 35.3 Å². The van der Waals surface area contributed by atoms with Crippen molar-refractivity contribution in [2.75, 3.05) is 12.4 Å². The van der Waals surface area contributed by atoms with E-state index in [1.165, 1.54) is 12.8 Å². The van der Waals surface area contributed by atoms with Crippen LogP contribution in [0.15, 0.2) is 16.7 Å². The van der Waals surface area contributed by atoms with Crippen LogP contribution < -0.4 is 10.6 Å². The lowest BCUT2D eigenvalue weighted by Crippen LogP contribution is -2.33. The average Bonchev–Trinajstić information content (AvgIpc) is 2.39. The SMILES string of the molecule is CCCCCC(C)NC(=O)c1cc(Br)cnc1NC. The first-order valence-corrected chi connectivity index (χ1v) is 7.52. The number of aromatic nitrogens is 1. The number of carbonyl (C=O) groups is 1. The minimum absolute atomic E-state index is 0.0813. The number of hydrogen-bond donors (Lipinski definition) is 2. The Kier molecular flexibility index (Phi) is 6.84. The van der Waals surface area contributed by atoms with E-state index in [4.69, 9.17) is 0 Å². The van der Waals surface area contributed by atoms with Gasteiger partial charge in [0.25, 0.3) is 5.91 Å². The number of nitrogens with zero attached hydrogens (tertiary/aromatic N) is 1. The molecule has 0 saturated carbocycles. The van der Waals surface area contributed by atoms with E-state index in [-0.39, 0.29) is 11.9 Å². The molecule has 1 amide bonds. The van der Waals surface area contributed by atoms with Gasteiger partial charge < -0.3 is 10.6 Å². The molecular weight excluding hydrogens is 306 g/mol. The van der Waals surface area contributed by atoms with E-state index in [1.807, 2.05) is 6.92 Å². The maximum atomic E-state index is 12.2. The first-order valence-electron chi connectivity index (χ1n) is 6.72. The van der Waals surface area contributed by atoms with Gasteiger partial charge in [-0.1, -0.05) is 26.2 Å². The third-order valence-corrected chi connectivity index (χ3v) is 3.39. The Morgan fingerprint density at radius 2 is 2.21 bits per heavy atom. The predicted molar refractivity (Wildman–Crippen MR) is 82.6 cm³/mol.